The van der Waals surface area contributed by atoms with Gasteiger partial charge in [0, 0.05) is 6.54 Å². The summed E-state index contributed by atoms with van der Waals surface area (Å²) in [5.41, 5.74) is 2.44. The lowest BCUT2D eigenvalue weighted by molar-refractivity contribution is 0.214. The van der Waals surface area contributed by atoms with Crippen molar-refractivity contribution in [3.63, 3.8) is 0 Å². The molecular formula is C14H22N2O2. The van der Waals surface area contributed by atoms with Crippen LogP contribution in [0.5, 0.6) is 0 Å². The molecule has 100 valence electrons. The van der Waals surface area contributed by atoms with Gasteiger partial charge in [0.2, 0.25) is 0 Å². The van der Waals surface area contributed by atoms with Crippen LogP contribution < -0.4 is 10.6 Å². The summed E-state index contributed by atoms with van der Waals surface area (Å²) < 4.78 is 0. The molecule has 1 unspecified atom stereocenters. The second-order valence-electron chi connectivity index (χ2n) is 4.42. The predicted octanol–water partition coefficient (Wildman–Crippen LogP) is 1.61. The van der Waals surface area contributed by atoms with Crippen molar-refractivity contribution in [1.29, 1.82) is 0 Å². The summed E-state index contributed by atoms with van der Waals surface area (Å²) in [5.74, 6) is 0. The summed E-state index contributed by atoms with van der Waals surface area (Å²) in [6.45, 7) is 4.54. The van der Waals surface area contributed by atoms with Crippen molar-refractivity contribution < 1.29 is 9.90 Å². The second-order valence-corrected chi connectivity index (χ2v) is 4.42. The zero-order valence-corrected chi connectivity index (χ0v) is 11.1. The lowest BCUT2D eigenvalue weighted by Crippen LogP contribution is -2.44. The van der Waals surface area contributed by atoms with E-state index in [1.54, 1.807) is 0 Å². The standard InChI is InChI=1S/C14H22N2O2/c1-3-13(10-17)16-14(18)15-9-8-12-6-4-11(2)5-7-12/h4-7,13,17H,3,8-10H2,1-2H3,(H2,15,16,18). The zero-order chi connectivity index (χ0) is 13.4. The van der Waals surface area contributed by atoms with E-state index in [-0.39, 0.29) is 18.7 Å². The number of amides is 2. The number of benzene rings is 1. The monoisotopic (exact) mass is 250 g/mol. The molecule has 0 spiro atoms. The van der Waals surface area contributed by atoms with Crippen LogP contribution in [0.2, 0.25) is 0 Å². The number of hydrogen-bond acceptors (Lipinski definition) is 2. The van der Waals surface area contributed by atoms with Crippen molar-refractivity contribution in [1.82, 2.24) is 10.6 Å². The Morgan fingerprint density at radius 2 is 2.00 bits per heavy atom. The maximum Gasteiger partial charge on any atom is 0.315 e. The van der Waals surface area contributed by atoms with Crippen molar-refractivity contribution in [3.05, 3.63) is 35.4 Å². The Morgan fingerprint density at radius 3 is 2.56 bits per heavy atom. The smallest absolute Gasteiger partial charge is 0.315 e. The Labute approximate surface area is 108 Å². The molecule has 4 heteroatoms. The van der Waals surface area contributed by atoms with Gasteiger partial charge in [-0.1, -0.05) is 36.8 Å². The normalized spacial score (nSPS) is 11.9. The van der Waals surface area contributed by atoms with E-state index >= 15 is 0 Å². The number of hydrogen-bond donors (Lipinski definition) is 3. The minimum absolute atomic E-state index is 0.0259. The van der Waals surface area contributed by atoms with Crippen LogP contribution in [0.25, 0.3) is 0 Å². The molecule has 0 aliphatic carbocycles. The van der Waals surface area contributed by atoms with Crippen LogP contribution in [-0.4, -0.2) is 30.3 Å². The highest BCUT2D eigenvalue weighted by Crippen LogP contribution is 2.02. The fourth-order valence-corrected chi connectivity index (χ4v) is 1.59. The van der Waals surface area contributed by atoms with Gasteiger partial charge in [0.25, 0.3) is 0 Å². The van der Waals surface area contributed by atoms with Gasteiger partial charge in [-0.2, -0.15) is 0 Å². The van der Waals surface area contributed by atoms with Gasteiger partial charge in [-0.25, -0.2) is 4.79 Å². The first-order valence-corrected chi connectivity index (χ1v) is 6.36. The van der Waals surface area contributed by atoms with Crippen molar-refractivity contribution in [2.45, 2.75) is 32.7 Å². The average Bonchev–Trinajstić information content (AvgIpc) is 2.38. The predicted molar refractivity (Wildman–Crippen MR) is 72.6 cm³/mol. The van der Waals surface area contributed by atoms with Gasteiger partial charge in [0.15, 0.2) is 0 Å². The first-order chi connectivity index (χ1) is 8.65. The van der Waals surface area contributed by atoms with Crippen molar-refractivity contribution in [2.75, 3.05) is 13.2 Å². The van der Waals surface area contributed by atoms with Crippen LogP contribution in [0.15, 0.2) is 24.3 Å². The summed E-state index contributed by atoms with van der Waals surface area (Å²) >= 11 is 0. The second kappa shape index (κ2) is 7.71. The van der Waals surface area contributed by atoms with E-state index < -0.39 is 0 Å². The quantitative estimate of drug-likeness (QED) is 0.718. The van der Waals surface area contributed by atoms with Gasteiger partial charge >= 0.3 is 6.03 Å². The van der Waals surface area contributed by atoms with E-state index in [9.17, 15) is 4.79 Å². The molecule has 18 heavy (non-hydrogen) atoms. The largest absolute Gasteiger partial charge is 0.394 e. The van der Waals surface area contributed by atoms with Gasteiger partial charge in [0.1, 0.15) is 0 Å². The van der Waals surface area contributed by atoms with Gasteiger partial charge < -0.3 is 15.7 Å². The van der Waals surface area contributed by atoms with E-state index in [0.717, 1.165) is 12.8 Å². The summed E-state index contributed by atoms with van der Waals surface area (Å²) in [6, 6.07) is 7.88. The van der Waals surface area contributed by atoms with Crippen LogP contribution >= 0.6 is 0 Å². The van der Waals surface area contributed by atoms with Crippen LogP contribution in [0.1, 0.15) is 24.5 Å². The van der Waals surface area contributed by atoms with E-state index in [1.807, 2.05) is 6.92 Å². The fourth-order valence-electron chi connectivity index (χ4n) is 1.59. The molecule has 0 aliphatic heterocycles. The number of aliphatic hydroxyl groups excluding tert-OH is 1. The van der Waals surface area contributed by atoms with Crippen molar-refractivity contribution in [2.24, 2.45) is 0 Å². The molecule has 3 N–H and O–H groups in total. The summed E-state index contributed by atoms with van der Waals surface area (Å²) in [5, 5.41) is 14.5. The molecule has 0 bridgehead atoms. The van der Waals surface area contributed by atoms with Crippen LogP contribution in [-0.2, 0) is 6.42 Å². The van der Waals surface area contributed by atoms with Crippen molar-refractivity contribution in [3.8, 4) is 0 Å². The summed E-state index contributed by atoms with van der Waals surface area (Å²) in [6.07, 6.45) is 1.53. The number of aliphatic hydroxyl groups is 1. The highest BCUT2D eigenvalue weighted by Gasteiger charge is 2.07. The van der Waals surface area contributed by atoms with Gasteiger partial charge in [0.05, 0.1) is 12.6 Å². The number of rotatable bonds is 6. The number of carbonyl (C=O) groups is 1. The molecule has 0 fully saturated rings. The molecule has 2 amide bonds. The molecule has 1 rings (SSSR count). The molecule has 0 aromatic heterocycles. The minimum atomic E-state index is -0.219. The zero-order valence-electron chi connectivity index (χ0n) is 11.1. The Kier molecular flexibility index (Phi) is 6.22. The molecule has 1 aromatic rings. The molecule has 1 atom stereocenters. The van der Waals surface area contributed by atoms with E-state index in [4.69, 9.17) is 5.11 Å². The highest BCUT2D eigenvalue weighted by molar-refractivity contribution is 5.74. The lowest BCUT2D eigenvalue weighted by Gasteiger charge is -2.14. The maximum absolute atomic E-state index is 11.5. The highest BCUT2D eigenvalue weighted by atomic mass is 16.3. The Bertz CT molecular complexity index is 359. The molecule has 0 saturated carbocycles. The number of urea groups is 1. The van der Waals surface area contributed by atoms with Crippen molar-refractivity contribution >= 4 is 6.03 Å². The van der Waals surface area contributed by atoms with E-state index in [1.165, 1.54) is 11.1 Å². The third-order valence-electron chi connectivity index (χ3n) is 2.87. The lowest BCUT2D eigenvalue weighted by atomic mass is 10.1. The third kappa shape index (κ3) is 5.19. The van der Waals surface area contributed by atoms with E-state index in [2.05, 4.69) is 41.8 Å². The first-order valence-electron chi connectivity index (χ1n) is 6.36. The first kappa shape index (κ1) is 14.5. The number of aryl methyl sites for hydroxylation is 1. The van der Waals surface area contributed by atoms with E-state index in [0.29, 0.717) is 6.54 Å². The van der Waals surface area contributed by atoms with Crippen LogP contribution in [0.3, 0.4) is 0 Å². The Balaban J connectivity index is 2.25. The third-order valence-corrected chi connectivity index (χ3v) is 2.87. The topological polar surface area (TPSA) is 61.4 Å². The molecule has 0 radical (unpaired) electrons. The maximum atomic E-state index is 11.5. The number of carbonyl (C=O) groups excluding carboxylic acids is 1. The molecule has 1 aromatic carbocycles. The molecule has 0 saturated heterocycles. The average molecular weight is 250 g/mol. The minimum Gasteiger partial charge on any atom is -0.394 e. The Morgan fingerprint density at radius 1 is 1.33 bits per heavy atom. The van der Waals surface area contributed by atoms with Crippen LogP contribution in [0.4, 0.5) is 4.79 Å². The van der Waals surface area contributed by atoms with Gasteiger partial charge in [-0.05, 0) is 25.3 Å². The molecule has 4 nitrogen and oxygen atoms in total. The SMILES string of the molecule is CCC(CO)NC(=O)NCCc1ccc(C)cc1. The van der Waals surface area contributed by atoms with Crippen LogP contribution in [0, 0.1) is 6.92 Å². The van der Waals surface area contributed by atoms with Gasteiger partial charge in [-0.3, -0.25) is 0 Å². The Hall–Kier alpha value is -1.55. The fraction of sp³-hybridized carbons (Fsp3) is 0.500. The van der Waals surface area contributed by atoms with Gasteiger partial charge in [-0.15, -0.1) is 0 Å². The number of nitrogens with one attached hydrogen (secondary N) is 2. The molecule has 0 aliphatic rings. The molecule has 0 heterocycles. The summed E-state index contributed by atoms with van der Waals surface area (Å²) in [7, 11) is 0. The molecular weight excluding hydrogens is 228 g/mol. The summed E-state index contributed by atoms with van der Waals surface area (Å²) in [4.78, 5) is 11.5.